The number of aromatic hydroxyl groups is 1. The number of rotatable bonds is 7. The quantitative estimate of drug-likeness (QED) is 0.414. The summed E-state index contributed by atoms with van der Waals surface area (Å²) in [6.45, 7) is 2.44. The zero-order valence-electron chi connectivity index (χ0n) is 18.7. The van der Waals surface area contributed by atoms with Gasteiger partial charge >= 0.3 is 0 Å². The molecule has 4 aromatic rings. The molecular weight excluding hydrogens is 418 g/mol. The molecule has 168 valence electrons. The maximum absolute atomic E-state index is 10.8. The van der Waals surface area contributed by atoms with Crippen LogP contribution in [0.15, 0.2) is 66.9 Å². The van der Waals surface area contributed by atoms with Gasteiger partial charge in [-0.25, -0.2) is 9.97 Å². The van der Waals surface area contributed by atoms with Gasteiger partial charge in [0.1, 0.15) is 18.1 Å². The van der Waals surface area contributed by atoms with E-state index in [0.717, 1.165) is 11.1 Å². The van der Waals surface area contributed by atoms with Crippen LogP contribution >= 0.6 is 0 Å². The maximum Gasteiger partial charge on any atom is 0.220 e. The normalized spacial score (nSPS) is 10.6. The number of aryl methyl sites for hydroxylation is 1. The number of nitrogens with two attached hydrogens (primary N) is 1. The Labute approximate surface area is 192 Å². The van der Waals surface area contributed by atoms with Gasteiger partial charge in [0, 0.05) is 23.4 Å². The molecule has 4 rings (SSSR count). The maximum atomic E-state index is 10.8. The lowest BCUT2D eigenvalue weighted by atomic mass is 9.99. The van der Waals surface area contributed by atoms with E-state index in [4.69, 9.17) is 19.9 Å². The zero-order valence-corrected chi connectivity index (χ0v) is 18.7. The largest absolute Gasteiger partial charge is 0.507 e. The van der Waals surface area contributed by atoms with Crippen molar-refractivity contribution in [3.63, 3.8) is 0 Å². The Balaban J connectivity index is 1.66. The van der Waals surface area contributed by atoms with Gasteiger partial charge in [0.25, 0.3) is 0 Å². The molecule has 0 saturated carbocycles. The lowest BCUT2D eigenvalue weighted by Gasteiger charge is -2.14. The average Bonchev–Trinajstić information content (AvgIpc) is 2.83. The van der Waals surface area contributed by atoms with Gasteiger partial charge in [0.2, 0.25) is 5.95 Å². The van der Waals surface area contributed by atoms with Crippen molar-refractivity contribution in [3.8, 4) is 45.4 Å². The Morgan fingerprint density at radius 3 is 2.33 bits per heavy atom. The molecule has 0 aliphatic rings. The van der Waals surface area contributed by atoms with E-state index in [1.165, 1.54) is 5.56 Å². The Kier molecular flexibility index (Phi) is 6.31. The smallest absolute Gasteiger partial charge is 0.220 e. The van der Waals surface area contributed by atoms with Crippen molar-refractivity contribution >= 4 is 5.95 Å². The van der Waals surface area contributed by atoms with Gasteiger partial charge in [-0.1, -0.05) is 35.9 Å². The molecule has 0 spiro atoms. The van der Waals surface area contributed by atoms with Gasteiger partial charge in [-0.3, -0.25) is 0 Å². The van der Waals surface area contributed by atoms with Crippen LogP contribution in [0.2, 0.25) is 0 Å². The minimum atomic E-state index is 0.0243. The lowest BCUT2D eigenvalue weighted by molar-refractivity contribution is 0.304. The van der Waals surface area contributed by atoms with Crippen LogP contribution in [0.4, 0.5) is 5.95 Å². The molecule has 7 heteroatoms. The van der Waals surface area contributed by atoms with E-state index in [-0.39, 0.29) is 11.7 Å². The monoisotopic (exact) mass is 443 g/mol. The fraction of sp³-hybridized carbons (Fsp3) is 0.154. The van der Waals surface area contributed by atoms with Crippen LogP contribution in [0.5, 0.6) is 23.0 Å². The van der Waals surface area contributed by atoms with Crippen molar-refractivity contribution in [3.05, 3.63) is 78.0 Å². The predicted molar refractivity (Wildman–Crippen MR) is 128 cm³/mol. The average molecular weight is 444 g/mol. The topological polar surface area (TPSA) is 99.7 Å². The Morgan fingerprint density at radius 1 is 0.879 bits per heavy atom. The van der Waals surface area contributed by atoms with Gasteiger partial charge in [0.15, 0.2) is 11.5 Å². The molecule has 0 amide bonds. The fourth-order valence-electron chi connectivity index (χ4n) is 3.47. The van der Waals surface area contributed by atoms with Crippen LogP contribution in [0, 0.1) is 6.92 Å². The SMILES string of the molecule is COc1ccc(-c2cnc(N)nc2-c2ccc(OCc3ccc(C)cc3)cc2O)cc1OC. The van der Waals surface area contributed by atoms with Gasteiger partial charge in [-0.2, -0.15) is 0 Å². The first-order valence-corrected chi connectivity index (χ1v) is 10.3. The summed E-state index contributed by atoms with van der Waals surface area (Å²) in [5.74, 6) is 1.86. The number of nitrogens with zero attached hydrogens (tertiary/aromatic N) is 2. The van der Waals surface area contributed by atoms with Crippen molar-refractivity contribution in [1.82, 2.24) is 9.97 Å². The van der Waals surface area contributed by atoms with Crippen LogP contribution in [0.25, 0.3) is 22.4 Å². The number of nitrogen functional groups attached to an aromatic ring is 1. The van der Waals surface area contributed by atoms with Gasteiger partial charge in [-0.05, 0) is 42.3 Å². The minimum absolute atomic E-state index is 0.0243. The molecule has 3 N–H and O–H groups in total. The highest BCUT2D eigenvalue weighted by molar-refractivity contribution is 5.84. The molecule has 0 aliphatic heterocycles. The summed E-state index contributed by atoms with van der Waals surface area (Å²) in [5.41, 5.74) is 10.6. The molecule has 33 heavy (non-hydrogen) atoms. The number of methoxy groups -OCH3 is 2. The summed E-state index contributed by atoms with van der Waals surface area (Å²) in [5, 5.41) is 10.8. The second kappa shape index (κ2) is 9.48. The Bertz CT molecular complexity index is 1270. The van der Waals surface area contributed by atoms with E-state index in [9.17, 15) is 5.11 Å². The molecule has 0 atom stereocenters. The molecule has 0 unspecified atom stereocenters. The molecular formula is C26H25N3O4. The molecule has 3 aromatic carbocycles. The predicted octanol–water partition coefficient (Wildman–Crippen LogP) is 5.00. The summed E-state index contributed by atoms with van der Waals surface area (Å²) in [7, 11) is 3.15. The molecule has 0 radical (unpaired) electrons. The highest BCUT2D eigenvalue weighted by atomic mass is 16.5. The molecule has 1 heterocycles. The number of aromatic nitrogens is 2. The number of phenolic OH excluding ortho intramolecular Hbond substituents is 1. The summed E-state index contributed by atoms with van der Waals surface area (Å²) in [4.78, 5) is 8.55. The third kappa shape index (κ3) is 4.82. The number of benzene rings is 3. The van der Waals surface area contributed by atoms with Crippen molar-refractivity contribution in [2.45, 2.75) is 13.5 Å². The fourth-order valence-corrected chi connectivity index (χ4v) is 3.47. The van der Waals surface area contributed by atoms with Crippen LogP contribution < -0.4 is 19.9 Å². The van der Waals surface area contributed by atoms with Crippen LogP contribution in [0.3, 0.4) is 0 Å². The van der Waals surface area contributed by atoms with E-state index in [1.54, 1.807) is 44.7 Å². The molecule has 0 aliphatic carbocycles. The second-order valence-corrected chi connectivity index (χ2v) is 7.51. The second-order valence-electron chi connectivity index (χ2n) is 7.51. The van der Waals surface area contributed by atoms with Crippen molar-refractivity contribution in [2.24, 2.45) is 0 Å². The number of ether oxygens (including phenoxy) is 3. The van der Waals surface area contributed by atoms with Gasteiger partial charge < -0.3 is 25.1 Å². The summed E-state index contributed by atoms with van der Waals surface area (Å²) >= 11 is 0. The Hall–Kier alpha value is -4.26. The zero-order chi connectivity index (χ0) is 23.4. The van der Waals surface area contributed by atoms with Gasteiger partial charge in [0.05, 0.1) is 19.9 Å². The van der Waals surface area contributed by atoms with E-state index >= 15 is 0 Å². The number of hydrogen-bond acceptors (Lipinski definition) is 7. The number of phenols is 1. The van der Waals surface area contributed by atoms with Gasteiger partial charge in [-0.15, -0.1) is 0 Å². The standard InChI is InChI=1S/C26H25N3O4/c1-16-4-6-17(7-5-16)15-33-19-9-10-20(22(30)13-19)25-21(14-28-26(27)29-25)18-8-11-23(31-2)24(12-18)32-3/h4-14,30H,15H2,1-3H3,(H2,27,28,29). The number of hydrogen-bond donors (Lipinski definition) is 2. The first-order valence-electron chi connectivity index (χ1n) is 10.3. The van der Waals surface area contributed by atoms with Crippen molar-refractivity contribution in [2.75, 3.05) is 20.0 Å². The van der Waals surface area contributed by atoms with E-state index in [2.05, 4.69) is 9.97 Å². The third-order valence-electron chi connectivity index (χ3n) is 5.25. The molecule has 0 fully saturated rings. The van der Waals surface area contributed by atoms with Crippen LogP contribution in [-0.4, -0.2) is 29.3 Å². The molecule has 1 aromatic heterocycles. The van der Waals surface area contributed by atoms with Crippen LogP contribution in [-0.2, 0) is 6.61 Å². The molecule has 7 nitrogen and oxygen atoms in total. The van der Waals surface area contributed by atoms with Crippen molar-refractivity contribution < 1.29 is 19.3 Å². The summed E-state index contributed by atoms with van der Waals surface area (Å²) in [6.07, 6.45) is 1.63. The first-order chi connectivity index (χ1) is 16.0. The van der Waals surface area contributed by atoms with E-state index < -0.39 is 0 Å². The minimum Gasteiger partial charge on any atom is -0.507 e. The third-order valence-corrected chi connectivity index (χ3v) is 5.25. The highest BCUT2D eigenvalue weighted by Gasteiger charge is 2.17. The number of anilines is 1. The summed E-state index contributed by atoms with van der Waals surface area (Å²) < 4.78 is 16.6. The highest BCUT2D eigenvalue weighted by Crippen LogP contribution is 2.39. The van der Waals surface area contributed by atoms with E-state index in [1.807, 2.05) is 43.3 Å². The Morgan fingerprint density at radius 2 is 1.64 bits per heavy atom. The molecule has 0 bridgehead atoms. The first kappa shape index (κ1) is 22.0. The van der Waals surface area contributed by atoms with Crippen molar-refractivity contribution in [1.29, 1.82) is 0 Å². The lowest BCUT2D eigenvalue weighted by Crippen LogP contribution is -2.00. The van der Waals surface area contributed by atoms with E-state index in [0.29, 0.717) is 40.7 Å². The van der Waals surface area contributed by atoms with Crippen LogP contribution in [0.1, 0.15) is 11.1 Å². The summed E-state index contributed by atoms with van der Waals surface area (Å²) in [6, 6.07) is 18.7. The molecule has 0 saturated heterocycles.